The predicted molar refractivity (Wildman–Crippen MR) is 51.8 cm³/mol. The molecule has 0 unspecified atom stereocenters. The van der Waals surface area contributed by atoms with Crippen LogP contribution in [0.5, 0.6) is 0 Å². The third kappa shape index (κ3) is 2.72. The molecule has 1 rings (SSSR count). The number of hydrogen-bond donors (Lipinski definition) is 3. The minimum Gasteiger partial charge on any atom is -0.390 e. The summed E-state index contributed by atoms with van der Waals surface area (Å²) >= 11 is 0. The van der Waals surface area contributed by atoms with Gasteiger partial charge in [-0.05, 0) is 17.7 Å². The first-order valence-corrected chi connectivity index (χ1v) is 4.42. The van der Waals surface area contributed by atoms with E-state index in [-0.39, 0.29) is 12.3 Å². The highest BCUT2D eigenvalue weighted by molar-refractivity contribution is 5.33. The standard InChI is InChI=1S/C9H12N2O4/c10-8(5-12)9(13)6-1-3-7(4-2-6)11(14)15/h1-4,8-9,12-13H,5,10H2/p+1/t8-,9-/m0/s1. The van der Waals surface area contributed by atoms with Crippen LogP contribution in [0.25, 0.3) is 0 Å². The lowest BCUT2D eigenvalue weighted by atomic mass is 10.0. The molecule has 0 bridgehead atoms. The van der Waals surface area contributed by atoms with Crippen molar-refractivity contribution >= 4 is 5.69 Å². The number of rotatable bonds is 4. The molecule has 1 aromatic rings. The summed E-state index contributed by atoms with van der Waals surface area (Å²) in [7, 11) is 0. The second kappa shape index (κ2) is 4.83. The SMILES string of the molecule is [NH3+][C@@H](CO)[C@@H](O)c1ccc([N+](=O)[O-])cc1. The molecule has 0 saturated heterocycles. The molecule has 0 aromatic heterocycles. The maximum Gasteiger partial charge on any atom is 0.269 e. The summed E-state index contributed by atoms with van der Waals surface area (Å²) in [5.74, 6) is 0. The molecule has 0 heterocycles. The lowest BCUT2D eigenvalue weighted by Crippen LogP contribution is -2.65. The normalized spacial score (nSPS) is 14.6. The van der Waals surface area contributed by atoms with Crippen molar-refractivity contribution in [2.45, 2.75) is 12.1 Å². The molecule has 0 radical (unpaired) electrons. The second-order valence-corrected chi connectivity index (χ2v) is 3.24. The molecular formula is C9H13N2O4+. The number of non-ortho nitro benzene ring substituents is 1. The van der Waals surface area contributed by atoms with Crippen LogP contribution in [0.3, 0.4) is 0 Å². The van der Waals surface area contributed by atoms with Gasteiger partial charge in [0.2, 0.25) is 0 Å². The van der Waals surface area contributed by atoms with Gasteiger partial charge in [0.1, 0.15) is 12.1 Å². The van der Waals surface area contributed by atoms with Gasteiger partial charge in [0.15, 0.2) is 0 Å². The summed E-state index contributed by atoms with van der Waals surface area (Å²) in [6, 6.07) is 4.99. The molecule has 0 fully saturated rings. The largest absolute Gasteiger partial charge is 0.390 e. The topological polar surface area (TPSA) is 111 Å². The maximum atomic E-state index is 10.4. The molecular weight excluding hydrogens is 200 g/mol. The molecule has 6 heteroatoms. The number of nitro benzene ring substituents is 1. The zero-order valence-corrected chi connectivity index (χ0v) is 8.04. The Balaban J connectivity index is 2.84. The van der Waals surface area contributed by atoms with Gasteiger partial charge in [0.25, 0.3) is 5.69 Å². The van der Waals surface area contributed by atoms with Crippen molar-refractivity contribution in [3.8, 4) is 0 Å². The fourth-order valence-corrected chi connectivity index (χ4v) is 1.17. The van der Waals surface area contributed by atoms with Crippen LogP contribution in [0.15, 0.2) is 24.3 Å². The van der Waals surface area contributed by atoms with Crippen LogP contribution in [0.2, 0.25) is 0 Å². The average Bonchev–Trinajstić information content (AvgIpc) is 2.27. The van der Waals surface area contributed by atoms with Gasteiger partial charge in [-0.15, -0.1) is 0 Å². The Morgan fingerprint density at radius 2 is 1.93 bits per heavy atom. The number of aliphatic hydroxyl groups is 2. The lowest BCUT2D eigenvalue weighted by Gasteiger charge is -2.13. The number of nitro groups is 1. The smallest absolute Gasteiger partial charge is 0.269 e. The summed E-state index contributed by atoms with van der Waals surface area (Å²) in [4.78, 5) is 9.85. The number of benzene rings is 1. The van der Waals surface area contributed by atoms with Gasteiger partial charge in [-0.3, -0.25) is 10.1 Å². The van der Waals surface area contributed by atoms with Crippen molar-refractivity contribution in [2.24, 2.45) is 0 Å². The van der Waals surface area contributed by atoms with Crippen molar-refractivity contribution in [3.05, 3.63) is 39.9 Å². The fourth-order valence-electron chi connectivity index (χ4n) is 1.17. The molecule has 0 aliphatic heterocycles. The number of hydrogen-bond acceptors (Lipinski definition) is 4. The Kier molecular flexibility index (Phi) is 3.73. The molecule has 0 amide bonds. The summed E-state index contributed by atoms with van der Waals surface area (Å²) in [6.07, 6.45) is -0.907. The predicted octanol–water partition coefficient (Wildman–Crippen LogP) is -0.769. The van der Waals surface area contributed by atoms with Gasteiger partial charge < -0.3 is 15.9 Å². The van der Waals surface area contributed by atoms with Crippen molar-refractivity contribution in [1.29, 1.82) is 0 Å². The molecule has 0 saturated carbocycles. The van der Waals surface area contributed by atoms with Crippen LogP contribution < -0.4 is 5.73 Å². The van der Waals surface area contributed by atoms with E-state index in [4.69, 9.17) is 5.11 Å². The average molecular weight is 213 g/mol. The van der Waals surface area contributed by atoms with E-state index in [1.165, 1.54) is 24.3 Å². The van der Waals surface area contributed by atoms with Gasteiger partial charge in [0.05, 0.1) is 11.5 Å². The van der Waals surface area contributed by atoms with Gasteiger partial charge in [-0.25, -0.2) is 0 Å². The van der Waals surface area contributed by atoms with E-state index in [0.717, 1.165) is 0 Å². The van der Waals surface area contributed by atoms with Crippen LogP contribution in [0.4, 0.5) is 5.69 Å². The minimum atomic E-state index is -0.907. The molecule has 2 atom stereocenters. The van der Waals surface area contributed by atoms with E-state index >= 15 is 0 Å². The lowest BCUT2D eigenvalue weighted by molar-refractivity contribution is -0.444. The second-order valence-electron chi connectivity index (χ2n) is 3.24. The Labute approximate surface area is 86.1 Å². The van der Waals surface area contributed by atoms with Crippen LogP contribution in [-0.4, -0.2) is 27.8 Å². The molecule has 15 heavy (non-hydrogen) atoms. The van der Waals surface area contributed by atoms with Gasteiger partial charge in [-0.2, -0.15) is 0 Å². The number of aliphatic hydroxyl groups excluding tert-OH is 2. The first-order chi connectivity index (χ1) is 7.06. The quantitative estimate of drug-likeness (QED) is 0.450. The Morgan fingerprint density at radius 3 is 2.33 bits per heavy atom. The van der Waals surface area contributed by atoms with Crippen molar-refractivity contribution in [1.82, 2.24) is 0 Å². The zero-order valence-electron chi connectivity index (χ0n) is 8.04. The maximum absolute atomic E-state index is 10.4. The third-order valence-corrected chi connectivity index (χ3v) is 2.13. The number of quaternary nitrogens is 1. The van der Waals surface area contributed by atoms with Crippen LogP contribution in [-0.2, 0) is 0 Å². The summed E-state index contributed by atoms with van der Waals surface area (Å²) in [5.41, 5.74) is 4.03. The van der Waals surface area contributed by atoms with Crippen LogP contribution in [0.1, 0.15) is 11.7 Å². The van der Waals surface area contributed by atoms with E-state index in [1.807, 2.05) is 0 Å². The van der Waals surface area contributed by atoms with E-state index in [1.54, 1.807) is 0 Å². The molecule has 5 N–H and O–H groups in total. The first-order valence-electron chi connectivity index (χ1n) is 4.42. The summed E-state index contributed by atoms with van der Waals surface area (Å²) in [5, 5.41) is 28.8. The van der Waals surface area contributed by atoms with E-state index < -0.39 is 17.1 Å². The highest BCUT2D eigenvalue weighted by Crippen LogP contribution is 2.18. The van der Waals surface area contributed by atoms with Gasteiger partial charge in [0, 0.05) is 12.1 Å². The Bertz CT molecular complexity index is 338. The number of nitrogens with zero attached hydrogens (tertiary/aromatic N) is 1. The first kappa shape index (κ1) is 11.6. The highest BCUT2D eigenvalue weighted by Gasteiger charge is 2.19. The molecule has 0 aliphatic rings. The van der Waals surface area contributed by atoms with Crippen molar-refractivity contribution in [2.75, 3.05) is 6.61 Å². The van der Waals surface area contributed by atoms with Crippen LogP contribution in [0, 0.1) is 10.1 Å². The minimum absolute atomic E-state index is 0.0319. The Morgan fingerprint density at radius 1 is 1.40 bits per heavy atom. The molecule has 6 nitrogen and oxygen atoms in total. The van der Waals surface area contributed by atoms with Gasteiger partial charge >= 0.3 is 0 Å². The Hall–Kier alpha value is -1.50. The molecule has 0 spiro atoms. The van der Waals surface area contributed by atoms with Crippen LogP contribution >= 0.6 is 0 Å². The fraction of sp³-hybridized carbons (Fsp3) is 0.333. The van der Waals surface area contributed by atoms with Crippen molar-refractivity contribution < 1.29 is 20.9 Å². The molecule has 82 valence electrons. The van der Waals surface area contributed by atoms with E-state index in [0.29, 0.717) is 5.56 Å². The summed E-state index contributed by atoms with van der Waals surface area (Å²) in [6.45, 7) is -0.238. The molecule has 0 aliphatic carbocycles. The third-order valence-electron chi connectivity index (χ3n) is 2.13. The van der Waals surface area contributed by atoms with E-state index in [9.17, 15) is 15.2 Å². The monoisotopic (exact) mass is 213 g/mol. The summed E-state index contributed by atoms with van der Waals surface area (Å²) < 4.78 is 0. The highest BCUT2D eigenvalue weighted by atomic mass is 16.6. The zero-order chi connectivity index (χ0) is 11.4. The molecule has 1 aromatic carbocycles. The van der Waals surface area contributed by atoms with Crippen molar-refractivity contribution in [3.63, 3.8) is 0 Å². The van der Waals surface area contributed by atoms with E-state index in [2.05, 4.69) is 5.73 Å². The van der Waals surface area contributed by atoms with Gasteiger partial charge in [-0.1, -0.05) is 0 Å².